The second kappa shape index (κ2) is 6.35. The lowest BCUT2D eigenvalue weighted by molar-refractivity contribution is -0.119. The Hall–Kier alpha value is -1.75. The van der Waals surface area contributed by atoms with Gasteiger partial charge < -0.3 is 4.74 Å². The molecule has 2 aromatic rings. The van der Waals surface area contributed by atoms with Gasteiger partial charge in [0.25, 0.3) is 0 Å². The molecule has 1 aliphatic rings. The van der Waals surface area contributed by atoms with Gasteiger partial charge in [0.1, 0.15) is 11.5 Å². The van der Waals surface area contributed by atoms with E-state index in [0.717, 1.165) is 35.9 Å². The predicted molar refractivity (Wildman–Crippen MR) is 83.2 cm³/mol. The van der Waals surface area contributed by atoms with Crippen LogP contribution in [0.4, 0.5) is 0 Å². The average molecular weight is 302 g/mol. The van der Waals surface area contributed by atoms with Crippen LogP contribution in [-0.2, 0) is 4.79 Å². The maximum absolute atomic E-state index is 12.0. The molecule has 1 heterocycles. The number of hydrogen-bond acceptors (Lipinski definition) is 4. The van der Waals surface area contributed by atoms with E-state index in [0.29, 0.717) is 12.2 Å². The molecular weight excluding hydrogens is 284 g/mol. The Bertz CT molecular complexity index is 621. The van der Waals surface area contributed by atoms with Crippen LogP contribution in [0, 0.1) is 0 Å². The van der Waals surface area contributed by atoms with Crippen LogP contribution in [0.2, 0.25) is 0 Å². The van der Waals surface area contributed by atoms with E-state index >= 15 is 0 Å². The fourth-order valence-electron chi connectivity index (χ4n) is 2.52. The van der Waals surface area contributed by atoms with E-state index in [1.165, 1.54) is 0 Å². The summed E-state index contributed by atoms with van der Waals surface area (Å²) in [6, 6.07) is 7.84. The van der Waals surface area contributed by atoms with Gasteiger partial charge in [-0.15, -0.1) is 0 Å². The molecule has 0 aliphatic heterocycles. The van der Waals surface area contributed by atoms with E-state index in [1.54, 1.807) is 25.1 Å². The molecule has 0 bridgehead atoms. The zero-order valence-corrected chi connectivity index (χ0v) is 12.8. The molecule has 0 spiro atoms. The van der Waals surface area contributed by atoms with E-state index in [9.17, 15) is 4.79 Å². The molecule has 1 unspecified atom stereocenters. The Morgan fingerprint density at radius 1 is 1.29 bits per heavy atom. The summed E-state index contributed by atoms with van der Waals surface area (Å²) >= 11 is 1.58. The Morgan fingerprint density at radius 3 is 2.81 bits per heavy atom. The van der Waals surface area contributed by atoms with E-state index < -0.39 is 0 Å². The van der Waals surface area contributed by atoms with Gasteiger partial charge in [0.05, 0.1) is 12.4 Å². The molecule has 0 amide bonds. The highest BCUT2D eigenvalue weighted by atomic mass is 32.2. The molecule has 1 fully saturated rings. The average Bonchev–Trinajstić information content (AvgIpc) is 2.98. The first-order chi connectivity index (χ1) is 10.3. The van der Waals surface area contributed by atoms with Crippen molar-refractivity contribution in [3.05, 3.63) is 36.7 Å². The van der Waals surface area contributed by atoms with E-state index in [1.807, 2.05) is 35.0 Å². The van der Waals surface area contributed by atoms with Gasteiger partial charge in [0.15, 0.2) is 5.16 Å². The third-order valence-electron chi connectivity index (χ3n) is 3.70. The number of nitrogens with zero attached hydrogens (tertiary/aromatic N) is 2. The van der Waals surface area contributed by atoms with Crippen molar-refractivity contribution in [1.29, 1.82) is 0 Å². The minimum Gasteiger partial charge on any atom is -0.497 e. The number of imidazole rings is 1. The van der Waals surface area contributed by atoms with Crippen LogP contribution in [0.3, 0.4) is 0 Å². The summed E-state index contributed by atoms with van der Waals surface area (Å²) in [4.78, 5) is 16.4. The standard InChI is InChI=1S/C16H18N2O2S/c1-20-13-8-6-12(7-9-13)18-11-10-17-16(18)21-15-5-3-2-4-14(15)19/h6-11,15H,2-5H2,1H3. The highest BCUT2D eigenvalue weighted by molar-refractivity contribution is 8.00. The van der Waals surface area contributed by atoms with Crippen LogP contribution in [0.5, 0.6) is 5.75 Å². The predicted octanol–water partition coefficient (Wildman–Crippen LogP) is 3.48. The molecule has 0 radical (unpaired) electrons. The number of benzene rings is 1. The second-order valence-electron chi connectivity index (χ2n) is 5.10. The van der Waals surface area contributed by atoms with Crippen molar-refractivity contribution in [2.45, 2.75) is 36.1 Å². The molecular formula is C16H18N2O2S. The molecule has 1 aliphatic carbocycles. The van der Waals surface area contributed by atoms with Crippen molar-refractivity contribution in [3.63, 3.8) is 0 Å². The fourth-order valence-corrected chi connectivity index (χ4v) is 3.71. The first-order valence-electron chi connectivity index (χ1n) is 7.15. The molecule has 1 atom stereocenters. The minimum atomic E-state index is 0.0538. The van der Waals surface area contributed by atoms with Crippen LogP contribution in [-0.4, -0.2) is 27.7 Å². The molecule has 5 heteroatoms. The molecule has 1 saturated carbocycles. The summed E-state index contributed by atoms with van der Waals surface area (Å²) in [6.45, 7) is 0. The largest absolute Gasteiger partial charge is 0.497 e. The minimum absolute atomic E-state index is 0.0538. The summed E-state index contributed by atoms with van der Waals surface area (Å²) in [5.41, 5.74) is 1.03. The molecule has 1 aromatic heterocycles. The van der Waals surface area contributed by atoms with Crippen LogP contribution in [0.25, 0.3) is 5.69 Å². The maximum Gasteiger partial charge on any atom is 0.173 e. The van der Waals surface area contributed by atoms with Crippen molar-refractivity contribution in [2.75, 3.05) is 7.11 Å². The highest BCUT2D eigenvalue weighted by Gasteiger charge is 2.24. The van der Waals surface area contributed by atoms with Crippen LogP contribution in [0.15, 0.2) is 41.8 Å². The summed E-state index contributed by atoms with van der Waals surface area (Å²) in [5, 5.41) is 0.929. The number of aromatic nitrogens is 2. The Balaban J connectivity index is 1.81. The first-order valence-corrected chi connectivity index (χ1v) is 8.03. The number of Topliss-reactive ketones (excluding diaryl/α,β-unsaturated/α-hetero) is 1. The third kappa shape index (κ3) is 3.13. The van der Waals surface area contributed by atoms with Gasteiger partial charge in [-0.2, -0.15) is 0 Å². The van der Waals surface area contributed by atoms with Gasteiger partial charge in [-0.1, -0.05) is 18.2 Å². The molecule has 4 nitrogen and oxygen atoms in total. The van der Waals surface area contributed by atoms with Gasteiger partial charge in [0, 0.05) is 24.5 Å². The van der Waals surface area contributed by atoms with E-state index in [4.69, 9.17) is 4.74 Å². The smallest absolute Gasteiger partial charge is 0.173 e. The number of ether oxygens (including phenoxy) is 1. The topological polar surface area (TPSA) is 44.1 Å². The quantitative estimate of drug-likeness (QED) is 0.867. The summed E-state index contributed by atoms with van der Waals surface area (Å²) < 4.78 is 7.20. The number of ketones is 1. The van der Waals surface area contributed by atoms with Crippen molar-refractivity contribution in [3.8, 4) is 11.4 Å². The van der Waals surface area contributed by atoms with E-state index in [2.05, 4.69) is 4.98 Å². The monoisotopic (exact) mass is 302 g/mol. The van der Waals surface area contributed by atoms with Gasteiger partial charge in [-0.3, -0.25) is 9.36 Å². The zero-order chi connectivity index (χ0) is 14.7. The molecule has 0 saturated heterocycles. The second-order valence-corrected chi connectivity index (χ2v) is 6.27. The molecule has 1 aromatic carbocycles. The van der Waals surface area contributed by atoms with Gasteiger partial charge in [0.2, 0.25) is 0 Å². The zero-order valence-electron chi connectivity index (χ0n) is 12.0. The number of rotatable bonds is 4. The van der Waals surface area contributed by atoms with Crippen molar-refractivity contribution in [2.24, 2.45) is 0 Å². The highest BCUT2D eigenvalue weighted by Crippen LogP contribution is 2.32. The molecule has 21 heavy (non-hydrogen) atoms. The molecule has 0 N–H and O–H groups in total. The Labute approximate surface area is 128 Å². The summed E-state index contributed by atoms with van der Waals surface area (Å²) in [5.74, 6) is 1.19. The van der Waals surface area contributed by atoms with Crippen LogP contribution >= 0.6 is 11.8 Å². The van der Waals surface area contributed by atoms with Crippen molar-refractivity contribution in [1.82, 2.24) is 9.55 Å². The number of thioether (sulfide) groups is 1. The van der Waals surface area contributed by atoms with Gasteiger partial charge in [-0.05, 0) is 37.1 Å². The Kier molecular flexibility index (Phi) is 4.29. The third-order valence-corrected chi connectivity index (χ3v) is 5.00. The van der Waals surface area contributed by atoms with E-state index in [-0.39, 0.29) is 5.25 Å². The number of carbonyl (C=O) groups is 1. The SMILES string of the molecule is COc1ccc(-n2ccnc2SC2CCCCC2=O)cc1. The van der Waals surface area contributed by atoms with Gasteiger partial charge >= 0.3 is 0 Å². The lowest BCUT2D eigenvalue weighted by Crippen LogP contribution is -2.21. The molecule has 3 rings (SSSR count). The van der Waals surface area contributed by atoms with Crippen molar-refractivity contribution >= 4 is 17.5 Å². The molecule has 110 valence electrons. The number of hydrogen-bond donors (Lipinski definition) is 0. The normalized spacial score (nSPS) is 18.7. The maximum atomic E-state index is 12.0. The Morgan fingerprint density at radius 2 is 2.10 bits per heavy atom. The number of carbonyl (C=O) groups excluding carboxylic acids is 1. The van der Waals surface area contributed by atoms with Crippen LogP contribution < -0.4 is 4.74 Å². The lowest BCUT2D eigenvalue weighted by Gasteiger charge is -2.19. The van der Waals surface area contributed by atoms with Crippen molar-refractivity contribution < 1.29 is 9.53 Å². The fraction of sp³-hybridized carbons (Fsp3) is 0.375. The van der Waals surface area contributed by atoms with Gasteiger partial charge in [-0.25, -0.2) is 4.98 Å². The van der Waals surface area contributed by atoms with Crippen LogP contribution in [0.1, 0.15) is 25.7 Å². The summed E-state index contributed by atoms with van der Waals surface area (Å²) in [7, 11) is 1.65. The number of methoxy groups -OCH3 is 1. The first kappa shape index (κ1) is 14.2. The lowest BCUT2D eigenvalue weighted by atomic mass is 9.99. The summed E-state index contributed by atoms with van der Waals surface area (Å²) in [6.07, 6.45) is 7.53.